The molecule has 3 aromatic rings. The number of aryl methyl sites for hydroxylation is 1. The Labute approximate surface area is 220 Å². The highest BCUT2D eigenvalue weighted by molar-refractivity contribution is 7.92. The molecule has 2 aliphatic carbocycles. The van der Waals surface area contributed by atoms with Crippen molar-refractivity contribution in [2.75, 3.05) is 0 Å². The molecule has 1 heterocycles. The first kappa shape index (κ1) is 26.2. The summed E-state index contributed by atoms with van der Waals surface area (Å²) in [6.45, 7) is 2.16. The second-order valence-corrected chi connectivity index (χ2v) is 13.5. The Hall–Kier alpha value is -2.39. The van der Waals surface area contributed by atoms with Gasteiger partial charge in [0.15, 0.2) is 9.84 Å². The van der Waals surface area contributed by atoms with E-state index >= 15 is 0 Å². The molecule has 5 nitrogen and oxygen atoms in total. The third-order valence-corrected chi connectivity index (χ3v) is 11.0. The van der Waals surface area contributed by atoms with Crippen molar-refractivity contribution in [3.05, 3.63) is 59.1 Å². The number of nitrogens with zero attached hydrogens (tertiary/aromatic N) is 2. The maximum atomic E-state index is 14.2. The van der Waals surface area contributed by atoms with Gasteiger partial charge < -0.3 is 4.90 Å². The summed E-state index contributed by atoms with van der Waals surface area (Å²) in [5.74, 6) is -3.63. The molecule has 0 aliphatic heterocycles. The van der Waals surface area contributed by atoms with Crippen molar-refractivity contribution in [2.45, 2.75) is 86.9 Å². The molecular formula is C28H32F2N2O3S2. The van der Waals surface area contributed by atoms with Gasteiger partial charge in [-0.25, -0.2) is 22.2 Å². The van der Waals surface area contributed by atoms with Crippen molar-refractivity contribution in [2.24, 2.45) is 5.92 Å². The lowest BCUT2D eigenvalue weighted by Gasteiger charge is -2.41. The van der Waals surface area contributed by atoms with Crippen LogP contribution in [0, 0.1) is 12.8 Å². The number of benzene rings is 2. The van der Waals surface area contributed by atoms with E-state index in [1.54, 1.807) is 34.7 Å². The van der Waals surface area contributed by atoms with Crippen LogP contribution in [0.4, 0.5) is 8.78 Å². The van der Waals surface area contributed by atoms with E-state index in [0.29, 0.717) is 12.8 Å². The number of hydrogen-bond donors (Lipinski definition) is 0. The first-order valence-electron chi connectivity index (χ1n) is 12.9. The molecule has 2 aliphatic rings. The number of carbonyl (C=O) groups is 1. The maximum absolute atomic E-state index is 14.2. The van der Waals surface area contributed by atoms with Crippen LogP contribution in [0.2, 0.25) is 0 Å². The van der Waals surface area contributed by atoms with Crippen molar-refractivity contribution in [1.29, 1.82) is 0 Å². The van der Waals surface area contributed by atoms with Crippen LogP contribution in [0.1, 0.15) is 62.5 Å². The number of carbonyl (C=O) groups excluding carboxylic acids is 1. The fourth-order valence-electron chi connectivity index (χ4n) is 5.79. The van der Waals surface area contributed by atoms with E-state index < -0.39 is 26.9 Å². The highest BCUT2D eigenvalue weighted by Gasteiger charge is 2.45. The van der Waals surface area contributed by atoms with Gasteiger partial charge in [0.25, 0.3) is 0 Å². The second-order valence-electron chi connectivity index (χ2n) is 10.5. The van der Waals surface area contributed by atoms with Gasteiger partial charge in [-0.1, -0.05) is 36.6 Å². The molecule has 0 saturated heterocycles. The van der Waals surface area contributed by atoms with E-state index in [1.807, 2.05) is 25.1 Å². The number of alkyl halides is 2. The Kier molecular flexibility index (Phi) is 7.38. The summed E-state index contributed by atoms with van der Waals surface area (Å²) >= 11 is 1.53. The van der Waals surface area contributed by atoms with Gasteiger partial charge in [-0.3, -0.25) is 4.79 Å². The molecule has 2 atom stereocenters. The number of hydrogen-bond acceptors (Lipinski definition) is 5. The molecule has 0 N–H and O–H groups in total. The van der Waals surface area contributed by atoms with Gasteiger partial charge in [0.2, 0.25) is 11.8 Å². The van der Waals surface area contributed by atoms with E-state index in [0.717, 1.165) is 34.2 Å². The van der Waals surface area contributed by atoms with Crippen molar-refractivity contribution in [3.8, 4) is 0 Å². The average Bonchev–Trinajstić information content (AvgIpc) is 3.35. The molecule has 0 spiro atoms. The zero-order valence-corrected chi connectivity index (χ0v) is 22.5. The van der Waals surface area contributed by atoms with Crippen LogP contribution in [0.5, 0.6) is 0 Å². The van der Waals surface area contributed by atoms with Crippen molar-refractivity contribution in [3.63, 3.8) is 0 Å². The van der Waals surface area contributed by atoms with Crippen LogP contribution < -0.4 is 0 Å². The molecule has 0 bridgehead atoms. The van der Waals surface area contributed by atoms with Gasteiger partial charge in [0.1, 0.15) is 0 Å². The minimum absolute atomic E-state index is 0.208. The lowest BCUT2D eigenvalue weighted by Crippen LogP contribution is -2.50. The molecule has 0 radical (unpaired) electrons. The fraction of sp³-hybridized carbons (Fsp3) is 0.500. The molecule has 2 fully saturated rings. The summed E-state index contributed by atoms with van der Waals surface area (Å²) in [4.78, 5) is 20.5. The molecule has 37 heavy (non-hydrogen) atoms. The topological polar surface area (TPSA) is 67.3 Å². The summed E-state index contributed by atoms with van der Waals surface area (Å²) in [5, 5.41) is -0.815. The maximum Gasteiger partial charge on any atom is 0.248 e. The second kappa shape index (κ2) is 10.4. The predicted octanol–water partition coefficient (Wildman–Crippen LogP) is 6.54. The van der Waals surface area contributed by atoms with Crippen LogP contribution in [0.25, 0.3) is 10.2 Å². The number of sulfone groups is 1. The number of fused-ring (bicyclic) bond motifs is 1. The van der Waals surface area contributed by atoms with Crippen LogP contribution in [0.15, 0.2) is 52.9 Å². The molecule has 1 aromatic heterocycles. The lowest BCUT2D eigenvalue weighted by atomic mass is 9.85. The normalized spacial score (nSPS) is 22.7. The summed E-state index contributed by atoms with van der Waals surface area (Å²) < 4.78 is 56.4. The molecule has 2 saturated carbocycles. The van der Waals surface area contributed by atoms with E-state index in [4.69, 9.17) is 0 Å². The number of thiazole rings is 1. The lowest BCUT2D eigenvalue weighted by molar-refractivity contribution is -0.142. The number of halogens is 2. The summed E-state index contributed by atoms with van der Waals surface area (Å²) in [6.07, 6.45) is 2.32. The summed E-state index contributed by atoms with van der Waals surface area (Å²) in [6, 6.07) is 12.3. The van der Waals surface area contributed by atoms with Gasteiger partial charge in [-0.15, -0.1) is 11.3 Å². The molecule has 1 amide bonds. The molecule has 0 unspecified atom stereocenters. The van der Waals surface area contributed by atoms with E-state index in [9.17, 15) is 22.0 Å². The van der Waals surface area contributed by atoms with Gasteiger partial charge in [0.05, 0.1) is 31.8 Å². The van der Waals surface area contributed by atoms with Gasteiger partial charge in [-0.2, -0.15) is 0 Å². The number of amides is 1. The third kappa shape index (κ3) is 5.58. The molecule has 198 valence electrons. The SMILES string of the molecule is Cc1ccc(S(=O)(=O)[C@H]2CCCC[C@@H]2C(=O)N(Cc2ccc3scnc3c2)C2CCC(F)(F)CC2)cc1. The van der Waals surface area contributed by atoms with Crippen LogP contribution in [0.3, 0.4) is 0 Å². The van der Waals surface area contributed by atoms with Crippen molar-refractivity contribution in [1.82, 2.24) is 9.88 Å². The Bertz CT molecular complexity index is 1360. The van der Waals surface area contributed by atoms with Crippen LogP contribution in [-0.4, -0.2) is 41.4 Å². The highest BCUT2D eigenvalue weighted by atomic mass is 32.2. The minimum Gasteiger partial charge on any atom is -0.335 e. The quantitative estimate of drug-likeness (QED) is 0.352. The van der Waals surface area contributed by atoms with Gasteiger partial charge in [-0.05, 0) is 62.4 Å². The number of rotatable bonds is 6. The molecule has 5 rings (SSSR count). The predicted molar refractivity (Wildman–Crippen MR) is 141 cm³/mol. The zero-order chi connectivity index (χ0) is 26.2. The standard InChI is InChI=1S/C28H32F2N2O3S2/c1-19-6-9-22(10-7-19)37(34,35)26-5-3-2-4-23(26)27(33)32(21-12-14-28(29,30)15-13-21)17-20-8-11-25-24(16-20)31-18-36-25/h6-11,16,18,21,23,26H,2-5,12-15,17H2,1H3/t23-,26-/m0/s1. The van der Waals surface area contributed by atoms with Crippen molar-refractivity contribution >= 4 is 37.3 Å². The Morgan fingerprint density at radius 2 is 1.76 bits per heavy atom. The minimum atomic E-state index is -3.73. The zero-order valence-electron chi connectivity index (χ0n) is 20.9. The molecule has 9 heteroatoms. The largest absolute Gasteiger partial charge is 0.335 e. The Balaban J connectivity index is 1.46. The first-order chi connectivity index (χ1) is 17.6. The summed E-state index contributed by atoms with van der Waals surface area (Å²) in [5.41, 5.74) is 4.44. The van der Waals surface area contributed by atoms with Crippen LogP contribution >= 0.6 is 11.3 Å². The Morgan fingerprint density at radius 1 is 1.05 bits per heavy atom. The highest BCUT2D eigenvalue weighted by Crippen LogP contribution is 2.39. The van der Waals surface area contributed by atoms with E-state index in [1.165, 1.54) is 11.3 Å². The van der Waals surface area contributed by atoms with Crippen molar-refractivity contribution < 1.29 is 22.0 Å². The fourth-order valence-corrected chi connectivity index (χ4v) is 8.47. The Morgan fingerprint density at radius 3 is 2.49 bits per heavy atom. The van der Waals surface area contributed by atoms with Gasteiger partial charge in [0, 0.05) is 25.4 Å². The van der Waals surface area contributed by atoms with E-state index in [2.05, 4.69) is 4.98 Å². The number of aromatic nitrogens is 1. The average molecular weight is 547 g/mol. The first-order valence-corrected chi connectivity index (χ1v) is 15.4. The smallest absolute Gasteiger partial charge is 0.248 e. The monoisotopic (exact) mass is 546 g/mol. The molecular weight excluding hydrogens is 514 g/mol. The van der Waals surface area contributed by atoms with E-state index in [-0.39, 0.29) is 49.1 Å². The molecule has 2 aromatic carbocycles. The summed E-state index contributed by atoms with van der Waals surface area (Å²) in [7, 11) is -3.73. The van der Waals surface area contributed by atoms with Crippen LogP contribution in [-0.2, 0) is 21.2 Å². The third-order valence-electron chi connectivity index (χ3n) is 7.93. The van der Waals surface area contributed by atoms with Gasteiger partial charge >= 0.3 is 0 Å².